The van der Waals surface area contributed by atoms with Crippen molar-refractivity contribution in [3.05, 3.63) is 53.2 Å². The van der Waals surface area contributed by atoms with Gasteiger partial charge in [0.15, 0.2) is 0 Å². The summed E-state index contributed by atoms with van der Waals surface area (Å²) in [6.45, 7) is 7.52. The molecule has 6 heteroatoms. The van der Waals surface area contributed by atoms with Crippen LogP contribution in [0.5, 0.6) is 5.75 Å². The second-order valence-electron chi connectivity index (χ2n) is 7.08. The Balaban J connectivity index is 2.35. The van der Waals surface area contributed by atoms with E-state index in [1.54, 1.807) is 34.8 Å². The summed E-state index contributed by atoms with van der Waals surface area (Å²) in [5.41, 5.74) is 2.24. The summed E-state index contributed by atoms with van der Waals surface area (Å²) in [5, 5.41) is 1.89. The average Bonchev–Trinajstić information content (AvgIpc) is 2.72. The number of hydrogen-bond acceptors (Lipinski definition) is 6. The van der Waals surface area contributed by atoms with Gasteiger partial charge in [0.25, 0.3) is 0 Å². The first kappa shape index (κ1) is 21.6. The van der Waals surface area contributed by atoms with Crippen molar-refractivity contribution in [1.82, 2.24) is 0 Å². The number of allylic oxidation sites excluding steroid dienone is 1. The molecule has 0 radical (unpaired) electrons. The SMILES string of the molecule is CCOC(=O)C1=C(C)N=C(C)C(C(=O)OCC)C1c1c(OC)ccc2ccccc12. The Labute approximate surface area is 176 Å². The van der Waals surface area contributed by atoms with Gasteiger partial charge in [-0.1, -0.05) is 30.3 Å². The third-order valence-electron chi connectivity index (χ3n) is 5.33. The van der Waals surface area contributed by atoms with Crippen LogP contribution >= 0.6 is 0 Å². The summed E-state index contributed by atoms with van der Waals surface area (Å²) in [6, 6.07) is 11.6. The van der Waals surface area contributed by atoms with Gasteiger partial charge in [0.1, 0.15) is 11.7 Å². The van der Waals surface area contributed by atoms with E-state index in [1.807, 2.05) is 36.4 Å². The fraction of sp³-hybridized carbons (Fsp3) is 0.375. The molecule has 1 aliphatic heterocycles. The highest BCUT2D eigenvalue weighted by atomic mass is 16.5. The van der Waals surface area contributed by atoms with E-state index in [0.29, 0.717) is 22.7 Å². The molecule has 2 aromatic carbocycles. The van der Waals surface area contributed by atoms with Gasteiger partial charge in [0.2, 0.25) is 0 Å². The Morgan fingerprint density at radius 2 is 1.70 bits per heavy atom. The summed E-state index contributed by atoms with van der Waals surface area (Å²) >= 11 is 0. The molecule has 0 fully saturated rings. The summed E-state index contributed by atoms with van der Waals surface area (Å²) < 4.78 is 16.4. The van der Waals surface area contributed by atoms with E-state index in [2.05, 4.69) is 4.99 Å². The molecule has 1 aliphatic rings. The van der Waals surface area contributed by atoms with E-state index in [9.17, 15) is 9.59 Å². The lowest BCUT2D eigenvalue weighted by atomic mass is 9.74. The molecule has 0 saturated carbocycles. The van der Waals surface area contributed by atoms with Gasteiger partial charge < -0.3 is 14.2 Å². The maximum absolute atomic E-state index is 13.0. The van der Waals surface area contributed by atoms with Crippen LogP contribution in [0.15, 0.2) is 52.7 Å². The standard InChI is InChI=1S/C24H27NO5/c1-6-29-23(26)19-14(3)25-15(4)20(24(27)30-7-2)22(19)21-17-11-9-8-10-16(17)12-13-18(21)28-5/h8-13,19,22H,6-7H2,1-5H3. The van der Waals surface area contributed by atoms with Gasteiger partial charge in [-0.05, 0) is 44.5 Å². The van der Waals surface area contributed by atoms with Crippen LogP contribution < -0.4 is 4.74 Å². The van der Waals surface area contributed by atoms with Crippen molar-refractivity contribution >= 4 is 28.4 Å². The van der Waals surface area contributed by atoms with E-state index in [4.69, 9.17) is 14.2 Å². The Kier molecular flexibility index (Phi) is 6.55. The zero-order chi connectivity index (χ0) is 21.8. The number of nitrogens with zero attached hydrogens (tertiary/aromatic N) is 1. The zero-order valence-electron chi connectivity index (χ0n) is 18.0. The number of esters is 2. The highest BCUT2D eigenvalue weighted by molar-refractivity contribution is 6.08. The van der Waals surface area contributed by atoms with Gasteiger partial charge in [0.05, 0.1) is 25.9 Å². The summed E-state index contributed by atoms with van der Waals surface area (Å²) in [4.78, 5) is 30.6. The number of aliphatic imine (C=N–C) groups is 1. The second kappa shape index (κ2) is 9.11. The molecule has 0 amide bonds. The number of hydrogen-bond donors (Lipinski definition) is 0. The fourth-order valence-electron chi connectivity index (χ4n) is 4.13. The molecule has 6 nitrogen and oxygen atoms in total. The Morgan fingerprint density at radius 1 is 1.00 bits per heavy atom. The molecule has 0 bridgehead atoms. The summed E-state index contributed by atoms with van der Waals surface area (Å²) in [5.74, 6) is -1.71. The number of carbonyl (C=O) groups excluding carboxylic acids is 2. The van der Waals surface area contributed by atoms with Crippen LogP contribution in [0.3, 0.4) is 0 Å². The van der Waals surface area contributed by atoms with Gasteiger partial charge in [-0.2, -0.15) is 0 Å². The maximum Gasteiger partial charge on any atom is 0.336 e. The Bertz CT molecular complexity index is 1040. The molecular weight excluding hydrogens is 382 g/mol. The normalized spacial score (nSPS) is 18.8. The molecule has 0 aliphatic carbocycles. The van der Waals surface area contributed by atoms with Gasteiger partial charge >= 0.3 is 11.9 Å². The highest BCUT2D eigenvalue weighted by Crippen LogP contribution is 2.46. The first-order valence-electron chi connectivity index (χ1n) is 10.1. The largest absolute Gasteiger partial charge is 0.496 e. The minimum Gasteiger partial charge on any atom is -0.496 e. The van der Waals surface area contributed by atoms with Gasteiger partial charge in [-0.3, -0.25) is 9.79 Å². The number of fused-ring (bicyclic) bond motifs is 1. The maximum atomic E-state index is 13.0. The lowest BCUT2D eigenvalue weighted by Gasteiger charge is -2.33. The first-order valence-corrected chi connectivity index (χ1v) is 10.1. The third-order valence-corrected chi connectivity index (χ3v) is 5.33. The number of ether oxygens (including phenoxy) is 3. The molecular formula is C24H27NO5. The predicted octanol–water partition coefficient (Wildman–Crippen LogP) is 4.42. The first-order chi connectivity index (χ1) is 14.4. The molecule has 1 heterocycles. The van der Waals surface area contributed by atoms with E-state index >= 15 is 0 Å². The van der Waals surface area contributed by atoms with E-state index < -0.39 is 23.8 Å². The van der Waals surface area contributed by atoms with Crippen molar-refractivity contribution in [2.24, 2.45) is 10.9 Å². The molecule has 0 aromatic heterocycles. The fourth-order valence-corrected chi connectivity index (χ4v) is 4.13. The van der Waals surface area contributed by atoms with Crippen molar-refractivity contribution in [1.29, 1.82) is 0 Å². The number of benzene rings is 2. The molecule has 0 spiro atoms. The quantitative estimate of drug-likeness (QED) is 0.660. The van der Waals surface area contributed by atoms with Crippen LogP contribution in [0, 0.1) is 5.92 Å². The Hall–Kier alpha value is -3.15. The molecule has 158 valence electrons. The predicted molar refractivity (Wildman–Crippen MR) is 116 cm³/mol. The van der Waals surface area contributed by atoms with Gasteiger partial charge in [0, 0.05) is 22.9 Å². The third kappa shape index (κ3) is 3.82. The lowest BCUT2D eigenvalue weighted by Crippen LogP contribution is -2.36. The number of carbonyl (C=O) groups is 2. The molecule has 2 aromatic rings. The topological polar surface area (TPSA) is 74.2 Å². The molecule has 2 atom stereocenters. The lowest BCUT2D eigenvalue weighted by molar-refractivity contribution is -0.146. The van der Waals surface area contributed by atoms with Crippen LogP contribution in [0.4, 0.5) is 0 Å². The van der Waals surface area contributed by atoms with Crippen LogP contribution in [0.2, 0.25) is 0 Å². The van der Waals surface area contributed by atoms with Crippen molar-refractivity contribution in [2.45, 2.75) is 33.6 Å². The van der Waals surface area contributed by atoms with Crippen molar-refractivity contribution in [3.63, 3.8) is 0 Å². The van der Waals surface area contributed by atoms with Gasteiger partial charge in [-0.15, -0.1) is 0 Å². The van der Waals surface area contributed by atoms with E-state index in [-0.39, 0.29) is 13.2 Å². The molecule has 0 N–H and O–H groups in total. The van der Waals surface area contributed by atoms with Crippen molar-refractivity contribution < 1.29 is 23.8 Å². The second-order valence-corrected chi connectivity index (χ2v) is 7.08. The van der Waals surface area contributed by atoms with Crippen molar-refractivity contribution in [2.75, 3.05) is 20.3 Å². The summed E-state index contributed by atoms with van der Waals surface area (Å²) in [7, 11) is 1.58. The number of rotatable bonds is 6. The zero-order valence-corrected chi connectivity index (χ0v) is 18.0. The minimum absolute atomic E-state index is 0.224. The van der Waals surface area contributed by atoms with Crippen LogP contribution in [0.1, 0.15) is 39.2 Å². The summed E-state index contributed by atoms with van der Waals surface area (Å²) in [6.07, 6.45) is 0. The van der Waals surface area contributed by atoms with E-state index in [0.717, 1.165) is 16.3 Å². The molecule has 3 rings (SSSR count). The minimum atomic E-state index is -0.757. The average molecular weight is 409 g/mol. The van der Waals surface area contributed by atoms with Gasteiger partial charge in [-0.25, -0.2) is 4.79 Å². The molecule has 30 heavy (non-hydrogen) atoms. The smallest absolute Gasteiger partial charge is 0.336 e. The van der Waals surface area contributed by atoms with Crippen LogP contribution in [-0.2, 0) is 19.1 Å². The van der Waals surface area contributed by atoms with Crippen molar-refractivity contribution in [3.8, 4) is 5.75 Å². The van der Waals surface area contributed by atoms with E-state index in [1.165, 1.54) is 0 Å². The molecule has 0 saturated heterocycles. The highest BCUT2D eigenvalue weighted by Gasteiger charge is 2.44. The Morgan fingerprint density at radius 3 is 2.37 bits per heavy atom. The van der Waals surface area contributed by atoms with Crippen LogP contribution in [-0.4, -0.2) is 38.0 Å². The number of methoxy groups -OCH3 is 1. The monoisotopic (exact) mass is 409 g/mol. The molecule has 2 unspecified atom stereocenters. The van der Waals surface area contributed by atoms with Crippen LogP contribution in [0.25, 0.3) is 10.8 Å².